The molecule has 1 aromatic carbocycles. The molecule has 1 aliphatic carbocycles. The highest BCUT2D eigenvalue weighted by Crippen LogP contribution is 2.38. The highest BCUT2D eigenvalue weighted by Gasteiger charge is 2.32. The standard InChI is InChI=1S/C14H20FN/c1-11-9-12(5-6-13(11)15)14(10-16)7-3-2-4-8-14/h5-6,9H,2-4,7-8,10,16H2,1H3. The van der Waals surface area contributed by atoms with E-state index in [0.717, 1.165) is 18.4 Å². The zero-order chi connectivity index (χ0) is 11.6. The van der Waals surface area contributed by atoms with Crippen molar-refractivity contribution in [3.63, 3.8) is 0 Å². The number of hydrogen-bond donors (Lipinski definition) is 1. The van der Waals surface area contributed by atoms with Crippen LogP contribution in [-0.2, 0) is 5.41 Å². The third-order valence-electron chi connectivity index (χ3n) is 3.97. The van der Waals surface area contributed by atoms with Crippen LogP contribution in [-0.4, -0.2) is 6.54 Å². The van der Waals surface area contributed by atoms with Crippen LogP contribution in [0.5, 0.6) is 0 Å². The SMILES string of the molecule is Cc1cc(C2(CN)CCCCC2)ccc1F. The van der Waals surface area contributed by atoms with Gasteiger partial charge in [-0.05, 0) is 37.0 Å². The Hall–Kier alpha value is -0.890. The number of hydrogen-bond acceptors (Lipinski definition) is 1. The summed E-state index contributed by atoms with van der Waals surface area (Å²) in [7, 11) is 0. The van der Waals surface area contributed by atoms with Crippen molar-refractivity contribution in [1.82, 2.24) is 0 Å². The van der Waals surface area contributed by atoms with Gasteiger partial charge in [0.15, 0.2) is 0 Å². The summed E-state index contributed by atoms with van der Waals surface area (Å²) in [4.78, 5) is 0. The van der Waals surface area contributed by atoms with Crippen LogP contribution < -0.4 is 5.73 Å². The fourth-order valence-electron chi connectivity index (χ4n) is 2.81. The summed E-state index contributed by atoms with van der Waals surface area (Å²) in [5.41, 5.74) is 8.03. The monoisotopic (exact) mass is 221 g/mol. The summed E-state index contributed by atoms with van der Waals surface area (Å²) >= 11 is 0. The summed E-state index contributed by atoms with van der Waals surface area (Å²) in [6.45, 7) is 2.50. The summed E-state index contributed by atoms with van der Waals surface area (Å²) < 4.78 is 13.3. The number of benzene rings is 1. The quantitative estimate of drug-likeness (QED) is 0.814. The number of aryl methyl sites for hydroxylation is 1. The van der Waals surface area contributed by atoms with Gasteiger partial charge < -0.3 is 5.73 Å². The van der Waals surface area contributed by atoms with E-state index in [1.54, 1.807) is 6.07 Å². The third kappa shape index (κ3) is 1.99. The van der Waals surface area contributed by atoms with Crippen molar-refractivity contribution in [3.05, 3.63) is 35.1 Å². The van der Waals surface area contributed by atoms with Crippen molar-refractivity contribution in [2.24, 2.45) is 5.73 Å². The summed E-state index contributed by atoms with van der Waals surface area (Å²) in [6, 6.07) is 5.48. The van der Waals surface area contributed by atoms with Crippen LogP contribution in [0.3, 0.4) is 0 Å². The predicted octanol–water partition coefficient (Wildman–Crippen LogP) is 3.29. The largest absolute Gasteiger partial charge is 0.330 e. The first-order chi connectivity index (χ1) is 7.68. The van der Waals surface area contributed by atoms with E-state index in [9.17, 15) is 4.39 Å². The molecule has 88 valence electrons. The molecule has 2 N–H and O–H groups in total. The minimum absolute atomic E-state index is 0.108. The van der Waals surface area contributed by atoms with Gasteiger partial charge in [0.2, 0.25) is 0 Å². The van der Waals surface area contributed by atoms with Gasteiger partial charge in [0.05, 0.1) is 0 Å². The molecular weight excluding hydrogens is 201 g/mol. The molecule has 0 spiro atoms. The molecule has 1 nitrogen and oxygen atoms in total. The van der Waals surface area contributed by atoms with Crippen LogP contribution in [0.15, 0.2) is 18.2 Å². The fraction of sp³-hybridized carbons (Fsp3) is 0.571. The second-order valence-corrected chi connectivity index (χ2v) is 5.01. The number of nitrogens with two attached hydrogens (primary N) is 1. The zero-order valence-electron chi connectivity index (χ0n) is 9.93. The minimum Gasteiger partial charge on any atom is -0.330 e. The molecule has 0 atom stereocenters. The van der Waals surface area contributed by atoms with E-state index in [-0.39, 0.29) is 11.2 Å². The van der Waals surface area contributed by atoms with Crippen LogP contribution in [0.25, 0.3) is 0 Å². The number of halogens is 1. The Morgan fingerprint density at radius 2 is 1.94 bits per heavy atom. The normalized spacial score (nSPS) is 19.7. The zero-order valence-corrected chi connectivity index (χ0v) is 9.93. The topological polar surface area (TPSA) is 26.0 Å². The van der Waals surface area contributed by atoms with Crippen LogP contribution in [0.1, 0.15) is 43.2 Å². The molecule has 0 unspecified atom stereocenters. The van der Waals surface area contributed by atoms with E-state index in [4.69, 9.17) is 5.73 Å². The molecule has 1 aromatic rings. The van der Waals surface area contributed by atoms with E-state index in [0.29, 0.717) is 6.54 Å². The van der Waals surface area contributed by atoms with E-state index >= 15 is 0 Å². The lowest BCUT2D eigenvalue weighted by Gasteiger charge is -2.37. The van der Waals surface area contributed by atoms with E-state index in [2.05, 4.69) is 0 Å². The molecule has 16 heavy (non-hydrogen) atoms. The smallest absolute Gasteiger partial charge is 0.126 e. The molecular formula is C14H20FN. The van der Waals surface area contributed by atoms with Gasteiger partial charge in [0.25, 0.3) is 0 Å². The van der Waals surface area contributed by atoms with Crippen molar-refractivity contribution in [2.75, 3.05) is 6.54 Å². The molecule has 0 aromatic heterocycles. The van der Waals surface area contributed by atoms with Crippen LogP contribution in [0.2, 0.25) is 0 Å². The third-order valence-corrected chi connectivity index (χ3v) is 3.97. The molecule has 1 aliphatic rings. The molecule has 1 fully saturated rings. The molecule has 0 heterocycles. The minimum atomic E-state index is -0.119. The average molecular weight is 221 g/mol. The Bertz CT molecular complexity index is 367. The Kier molecular flexibility index (Phi) is 3.29. The second-order valence-electron chi connectivity index (χ2n) is 5.01. The van der Waals surface area contributed by atoms with Gasteiger partial charge in [-0.1, -0.05) is 31.4 Å². The van der Waals surface area contributed by atoms with Crippen molar-refractivity contribution >= 4 is 0 Å². The average Bonchev–Trinajstić information content (AvgIpc) is 2.33. The maximum Gasteiger partial charge on any atom is 0.126 e. The van der Waals surface area contributed by atoms with E-state index < -0.39 is 0 Å². The lowest BCUT2D eigenvalue weighted by Crippen LogP contribution is -2.37. The van der Waals surface area contributed by atoms with Crippen molar-refractivity contribution < 1.29 is 4.39 Å². The first-order valence-electron chi connectivity index (χ1n) is 6.15. The summed E-state index contributed by atoms with van der Waals surface area (Å²) in [5.74, 6) is -0.119. The number of rotatable bonds is 2. The highest BCUT2D eigenvalue weighted by molar-refractivity contribution is 5.31. The van der Waals surface area contributed by atoms with Crippen LogP contribution in [0, 0.1) is 12.7 Å². The van der Waals surface area contributed by atoms with Crippen LogP contribution in [0.4, 0.5) is 4.39 Å². The maximum absolute atomic E-state index is 13.3. The predicted molar refractivity (Wildman–Crippen MR) is 65.0 cm³/mol. The molecule has 2 heteroatoms. The van der Waals surface area contributed by atoms with E-state index in [1.807, 2.05) is 19.1 Å². The van der Waals surface area contributed by atoms with Crippen LogP contribution >= 0.6 is 0 Å². The highest BCUT2D eigenvalue weighted by atomic mass is 19.1. The molecule has 0 bridgehead atoms. The van der Waals surface area contributed by atoms with Gasteiger partial charge in [0.1, 0.15) is 5.82 Å². The van der Waals surface area contributed by atoms with Gasteiger partial charge in [-0.15, -0.1) is 0 Å². The lowest BCUT2D eigenvalue weighted by atomic mass is 9.69. The Morgan fingerprint density at radius 3 is 2.50 bits per heavy atom. The van der Waals surface area contributed by atoms with Gasteiger partial charge in [0, 0.05) is 12.0 Å². The molecule has 0 saturated heterocycles. The first kappa shape index (κ1) is 11.6. The second kappa shape index (κ2) is 4.54. The van der Waals surface area contributed by atoms with Crippen molar-refractivity contribution in [2.45, 2.75) is 44.4 Å². The Morgan fingerprint density at radius 1 is 1.25 bits per heavy atom. The molecule has 0 radical (unpaired) electrons. The van der Waals surface area contributed by atoms with Gasteiger partial charge in [-0.2, -0.15) is 0 Å². The first-order valence-corrected chi connectivity index (χ1v) is 6.15. The molecule has 1 saturated carbocycles. The Labute approximate surface area is 96.9 Å². The summed E-state index contributed by atoms with van der Waals surface area (Å²) in [5, 5.41) is 0. The van der Waals surface area contributed by atoms with Crippen molar-refractivity contribution in [1.29, 1.82) is 0 Å². The molecule has 2 rings (SSSR count). The molecule has 0 amide bonds. The van der Waals surface area contributed by atoms with Gasteiger partial charge >= 0.3 is 0 Å². The maximum atomic E-state index is 13.3. The lowest BCUT2D eigenvalue weighted by molar-refractivity contribution is 0.300. The summed E-state index contributed by atoms with van der Waals surface area (Å²) in [6.07, 6.45) is 6.09. The van der Waals surface area contributed by atoms with E-state index in [1.165, 1.54) is 24.8 Å². The molecule has 0 aliphatic heterocycles. The van der Waals surface area contributed by atoms with Gasteiger partial charge in [-0.3, -0.25) is 0 Å². The van der Waals surface area contributed by atoms with Gasteiger partial charge in [-0.25, -0.2) is 4.39 Å². The fourth-order valence-corrected chi connectivity index (χ4v) is 2.81. The Balaban J connectivity index is 2.35. The van der Waals surface area contributed by atoms with Crippen molar-refractivity contribution in [3.8, 4) is 0 Å².